The summed E-state index contributed by atoms with van der Waals surface area (Å²) < 4.78 is 0. The first kappa shape index (κ1) is 12.6. The lowest BCUT2D eigenvalue weighted by molar-refractivity contribution is 0.0696. The van der Waals surface area contributed by atoms with Crippen molar-refractivity contribution in [3.63, 3.8) is 0 Å². The third-order valence-electron chi connectivity index (χ3n) is 2.76. The topological polar surface area (TPSA) is 83.5 Å². The summed E-state index contributed by atoms with van der Waals surface area (Å²) in [6.07, 6.45) is 0. The fraction of sp³-hybridized carbons (Fsp3) is 0.154. The van der Waals surface area contributed by atoms with Gasteiger partial charge in [0.25, 0.3) is 0 Å². The van der Waals surface area contributed by atoms with Gasteiger partial charge >= 0.3 is 5.97 Å². The molecule has 4 nitrogen and oxygen atoms in total. The van der Waals surface area contributed by atoms with E-state index in [0.29, 0.717) is 11.1 Å². The number of carboxylic acids is 1. The summed E-state index contributed by atoms with van der Waals surface area (Å²) in [5.41, 5.74) is 7.14. The molecule has 0 amide bonds. The van der Waals surface area contributed by atoms with Gasteiger partial charge in [-0.1, -0.05) is 6.07 Å². The predicted octanol–water partition coefficient (Wildman–Crippen LogP) is 2.51. The van der Waals surface area contributed by atoms with Gasteiger partial charge in [-0.05, 0) is 36.1 Å². The molecule has 0 spiro atoms. The smallest absolute Gasteiger partial charge is 0.335 e. The van der Waals surface area contributed by atoms with Crippen molar-refractivity contribution >= 4 is 17.3 Å². The molecular weight excluding hydrogens is 250 g/mol. The number of hydrogen-bond acceptors (Lipinski definition) is 4. The fourth-order valence-corrected chi connectivity index (χ4v) is 2.53. The van der Waals surface area contributed by atoms with Crippen LogP contribution in [0.15, 0.2) is 29.6 Å². The number of nitrogens with two attached hydrogens (primary N) is 1. The van der Waals surface area contributed by atoms with Gasteiger partial charge in [0.1, 0.15) is 5.75 Å². The molecule has 0 radical (unpaired) electrons. The van der Waals surface area contributed by atoms with Crippen molar-refractivity contribution in [1.29, 1.82) is 0 Å². The number of hydrogen-bond donors (Lipinski definition) is 3. The number of benzene rings is 1. The third kappa shape index (κ3) is 2.23. The maximum absolute atomic E-state index is 11.0. The molecule has 18 heavy (non-hydrogen) atoms. The molecule has 1 atom stereocenters. The SMILES string of the molecule is Cc1cc(C(=O)O)cc([C@@H](N)c2cccs2)c1O. The molecule has 0 fully saturated rings. The molecule has 1 aromatic carbocycles. The van der Waals surface area contributed by atoms with Crippen LogP contribution in [-0.4, -0.2) is 16.2 Å². The van der Waals surface area contributed by atoms with Crippen LogP contribution in [-0.2, 0) is 0 Å². The van der Waals surface area contributed by atoms with Crippen LogP contribution < -0.4 is 5.73 Å². The van der Waals surface area contributed by atoms with Crippen LogP contribution in [0.2, 0.25) is 0 Å². The van der Waals surface area contributed by atoms with Crippen LogP contribution in [0, 0.1) is 6.92 Å². The lowest BCUT2D eigenvalue weighted by Gasteiger charge is -2.14. The van der Waals surface area contributed by atoms with Gasteiger partial charge in [0.15, 0.2) is 0 Å². The quantitative estimate of drug-likeness (QED) is 0.794. The standard InChI is InChI=1S/C13H13NO3S/c1-7-5-8(13(16)17)6-9(12(7)15)11(14)10-3-2-4-18-10/h2-6,11,15H,14H2,1H3,(H,16,17)/t11-/m1/s1. The highest BCUT2D eigenvalue weighted by Crippen LogP contribution is 2.33. The summed E-state index contributed by atoms with van der Waals surface area (Å²) in [6.45, 7) is 1.66. The molecule has 1 heterocycles. The van der Waals surface area contributed by atoms with Crippen molar-refractivity contribution in [1.82, 2.24) is 0 Å². The number of aryl methyl sites for hydroxylation is 1. The summed E-state index contributed by atoms with van der Waals surface area (Å²) in [4.78, 5) is 11.9. The largest absolute Gasteiger partial charge is 0.507 e. The number of carbonyl (C=O) groups is 1. The van der Waals surface area contributed by atoms with E-state index in [2.05, 4.69) is 0 Å². The number of aromatic hydroxyl groups is 1. The van der Waals surface area contributed by atoms with Crippen LogP contribution in [0.25, 0.3) is 0 Å². The van der Waals surface area contributed by atoms with Crippen LogP contribution in [0.3, 0.4) is 0 Å². The van der Waals surface area contributed by atoms with Gasteiger partial charge in [0.05, 0.1) is 11.6 Å². The minimum Gasteiger partial charge on any atom is -0.507 e. The van der Waals surface area contributed by atoms with Crippen LogP contribution in [0.5, 0.6) is 5.75 Å². The van der Waals surface area contributed by atoms with Gasteiger partial charge in [0.2, 0.25) is 0 Å². The summed E-state index contributed by atoms with van der Waals surface area (Å²) in [7, 11) is 0. The Labute approximate surface area is 108 Å². The van der Waals surface area contributed by atoms with E-state index < -0.39 is 12.0 Å². The number of aromatic carboxylic acids is 1. The Balaban J connectivity index is 2.53. The Kier molecular flexibility index (Phi) is 3.36. The number of phenolic OH excluding ortho intramolecular Hbond substituents is 1. The van der Waals surface area contributed by atoms with Crippen molar-refractivity contribution < 1.29 is 15.0 Å². The Morgan fingerprint density at radius 3 is 2.72 bits per heavy atom. The van der Waals surface area contributed by atoms with Gasteiger partial charge in [-0.3, -0.25) is 0 Å². The van der Waals surface area contributed by atoms with Crippen molar-refractivity contribution in [3.8, 4) is 5.75 Å². The van der Waals surface area contributed by atoms with Crippen molar-refractivity contribution in [3.05, 3.63) is 51.2 Å². The molecule has 0 saturated heterocycles. The number of carboxylic acid groups (broad SMARTS) is 1. The lowest BCUT2D eigenvalue weighted by Crippen LogP contribution is -2.12. The Morgan fingerprint density at radius 1 is 1.44 bits per heavy atom. The Hall–Kier alpha value is -1.85. The first-order chi connectivity index (χ1) is 8.50. The van der Waals surface area contributed by atoms with Gasteiger partial charge in [0, 0.05) is 10.4 Å². The number of phenols is 1. The zero-order chi connectivity index (χ0) is 13.3. The summed E-state index contributed by atoms with van der Waals surface area (Å²) in [5.74, 6) is -0.973. The molecule has 2 aromatic rings. The van der Waals surface area contributed by atoms with E-state index in [9.17, 15) is 9.90 Å². The van der Waals surface area contributed by atoms with Crippen molar-refractivity contribution in [2.75, 3.05) is 0 Å². The highest BCUT2D eigenvalue weighted by atomic mass is 32.1. The monoisotopic (exact) mass is 263 g/mol. The molecule has 0 bridgehead atoms. The van der Waals surface area contributed by atoms with Gasteiger partial charge in [-0.2, -0.15) is 0 Å². The molecule has 94 valence electrons. The molecule has 1 aromatic heterocycles. The summed E-state index contributed by atoms with van der Waals surface area (Å²) in [5, 5.41) is 20.9. The summed E-state index contributed by atoms with van der Waals surface area (Å²) >= 11 is 1.47. The van der Waals surface area contributed by atoms with Crippen molar-refractivity contribution in [2.45, 2.75) is 13.0 Å². The van der Waals surface area contributed by atoms with Crippen molar-refractivity contribution in [2.24, 2.45) is 5.73 Å². The van der Waals surface area contributed by atoms with E-state index in [1.165, 1.54) is 23.5 Å². The lowest BCUT2D eigenvalue weighted by atomic mass is 9.98. The second kappa shape index (κ2) is 4.80. The fourth-order valence-electron chi connectivity index (χ4n) is 1.79. The first-order valence-electron chi connectivity index (χ1n) is 5.36. The minimum atomic E-state index is -1.03. The Morgan fingerprint density at radius 2 is 2.17 bits per heavy atom. The van der Waals surface area contributed by atoms with E-state index in [1.807, 2.05) is 17.5 Å². The molecule has 2 rings (SSSR count). The third-order valence-corrected chi connectivity index (χ3v) is 3.72. The molecule has 0 unspecified atom stereocenters. The molecule has 0 aliphatic carbocycles. The minimum absolute atomic E-state index is 0.0564. The normalized spacial score (nSPS) is 12.3. The number of thiophene rings is 1. The summed E-state index contributed by atoms with van der Waals surface area (Å²) in [6, 6.07) is 6.07. The zero-order valence-electron chi connectivity index (χ0n) is 9.75. The molecule has 0 aliphatic heterocycles. The van der Waals surface area contributed by atoms with Gasteiger partial charge in [-0.25, -0.2) is 4.79 Å². The maximum Gasteiger partial charge on any atom is 0.335 e. The Bertz CT molecular complexity index is 578. The van der Waals surface area contributed by atoms with E-state index >= 15 is 0 Å². The zero-order valence-corrected chi connectivity index (χ0v) is 10.6. The van der Waals surface area contributed by atoms with E-state index in [1.54, 1.807) is 6.92 Å². The van der Waals surface area contributed by atoms with E-state index in [4.69, 9.17) is 10.8 Å². The van der Waals surface area contributed by atoms with E-state index in [0.717, 1.165) is 4.88 Å². The average Bonchev–Trinajstić information content (AvgIpc) is 2.85. The first-order valence-corrected chi connectivity index (χ1v) is 6.24. The highest BCUT2D eigenvalue weighted by Gasteiger charge is 2.18. The van der Waals surface area contributed by atoms with Crippen LogP contribution in [0.1, 0.15) is 32.4 Å². The predicted molar refractivity (Wildman–Crippen MR) is 70.2 cm³/mol. The number of rotatable bonds is 3. The second-order valence-corrected chi connectivity index (χ2v) is 5.01. The maximum atomic E-state index is 11.0. The van der Waals surface area contributed by atoms with Crippen LogP contribution >= 0.6 is 11.3 Å². The highest BCUT2D eigenvalue weighted by molar-refractivity contribution is 7.10. The molecule has 4 N–H and O–H groups in total. The van der Waals surface area contributed by atoms with Gasteiger partial charge in [-0.15, -0.1) is 11.3 Å². The van der Waals surface area contributed by atoms with Crippen LogP contribution in [0.4, 0.5) is 0 Å². The van der Waals surface area contributed by atoms with Gasteiger partial charge < -0.3 is 15.9 Å². The molecule has 5 heteroatoms. The molecule has 0 saturated carbocycles. The molecular formula is C13H13NO3S. The average molecular weight is 263 g/mol. The molecule has 0 aliphatic rings. The van der Waals surface area contributed by atoms with E-state index in [-0.39, 0.29) is 11.3 Å². The second-order valence-electron chi connectivity index (χ2n) is 4.03.